The molecule has 4 N–H and O–H groups in total. The van der Waals surface area contributed by atoms with Crippen LogP contribution < -0.4 is 20.7 Å². The molecule has 0 aromatic heterocycles. The molecule has 0 heterocycles. The molecule has 170 valence electrons. The summed E-state index contributed by atoms with van der Waals surface area (Å²) in [6, 6.07) is 8.68. The molecule has 10 heteroatoms. The second kappa shape index (κ2) is 11.4. The van der Waals surface area contributed by atoms with Gasteiger partial charge in [-0.15, -0.1) is 0 Å². The van der Waals surface area contributed by atoms with Crippen molar-refractivity contribution in [1.29, 1.82) is 5.41 Å². The smallest absolute Gasteiger partial charge is 0.412 e. The van der Waals surface area contributed by atoms with Gasteiger partial charge in [-0.3, -0.25) is 20.3 Å². The molecule has 0 unspecified atom stereocenters. The first-order valence-corrected chi connectivity index (χ1v) is 9.78. The highest BCUT2D eigenvalue weighted by Crippen LogP contribution is 2.21. The maximum absolute atomic E-state index is 13.4. The normalized spacial score (nSPS) is 10.1. The van der Waals surface area contributed by atoms with E-state index in [1.165, 1.54) is 31.3 Å². The molecule has 0 atom stereocenters. The van der Waals surface area contributed by atoms with Gasteiger partial charge < -0.3 is 20.1 Å². The molecule has 0 fully saturated rings. The van der Waals surface area contributed by atoms with Crippen molar-refractivity contribution in [2.75, 3.05) is 20.3 Å². The Morgan fingerprint density at radius 2 is 1.81 bits per heavy atom. The van der Waals surface area contributed by atoms with E-state index in [1.807, 2.05) is 0 Å². The standard InChI is InChI=1S/C22H25FN4O5/c1-4-31-22(30)27-20(24)14-5-6-16(18(10-14)32-12-19(28)25-3)11-26-21(29)15-7-8-17(23)13(2)9-15/h5-10H,4,11-12H2,1-3H3,(H,25,28)(H,26,29)(H2,24,27,30). The fraction of sp³-hybridized carbons (Fsp3) is 0.273. The Hall–Kier alpha value is -3.95. The third-order valence-electron chi connectivity index (χ3n) is 4.36. The molecule has 3 amide bonds. The Morgan fingerprint density at radius 1 is 1.09 bits per heavy atom. The first-order chi connectivity index (χ1) is 15.2. The Morgan fingerprint density at radius 3 is 2.47 bits per heavy atom. The van der Waals surface area contributed by atoms with Crippen molar-refractivity contribution in [2.24, 2.45) is 0 Å². The molecule has 2 aromatic rings. The van der Waals surface area contributed by atoms with E-state index in [-0.39, 0.29) is 37.3 Å². The van der Waals surface area contributed by atoms with Gasteiger partial charge in [0.15, 0.2) is 6.61 Å². The summed E-state index contributed by atoms with van der Waals surface area (Å²) in [4.78, 5) is 35.6. The van der Waals surface area contributed by atoms with E-state index in [4.69, 9.17) is 14.9 Å². The minimum absolute atomic E-state index is 0.0528. The summed E-state index contributed by atoms with van der Waals surface area (Å²) in [6.45, 7) is 3.14. The zero-order valence-electron chi connectivity index (χ0n) is 18.0. The molecule has 2 rings (SSSR count). The number of carbonyl (C=O) groups excluding carboxylic acids is 3. The van der Waals surface area contributed by atoms with Gasteiger partial charge in [-0.05, 0) is 43.7 Å². The van der Waals surface area contributed by atoms with Crippen molar-refractivity contribution in [1.82, 2.24) is 16.0 Å². The van der Waals surface area contributed by atoms with Crippen LogP contribution in [0.15, 0.2) is 36.4 Å². The fourth-order valence-electron chi connectivity index (χ4n) is 2.61. The minimum atomic E-state index is -0.767. The number of hydrogen-bond acceptors (Lipinski definition) is 6. The predicted molar refractivity (Wildman–Crippen MR) is 115 cm³/mol. The number of hydrogen-bond donors (Lipinski definition) is 4. The molecular weight excluding hydrogens is 419 g/mol. The Labute approximate surface area is 184 Å². The van der Waals surface area contributed by atoms with Crippen LogP contribution in [-0.4, -0.2) is 44.0 Å². The van der Waals surface area contributed by atoms with Crippen LogP contribution in [0.5, 0.6) is 5.75 Å². The Bertz CT molecular complexity index is 1030. The highest BCUT2D eigenvalue weighted by atomic mass is 19.1. The maximum atomic E-state index is 13.4. The van der Waals surface area contributed by atoms with E-state index in [1.54, 1.807) is 26.0 Å². The first-order valence-electron chi connectivity index (χ1n) is 9.78. The van der Waals surface area contributed by atoms with Gasteiger partial charge >= 0.3 is 6.09 Å². The van der Waals surface area contributed by atoms with Gasteiger partial charge in [-0.1, -0.05) is 12.1 Å². The number of alkyl carbamates (subject to hydrolysis) is 1. The minimum Gasteiger partial charge on any atom is -0.483 e. The third-order valence-corrected chi connectivity index (χ3v) is 4.36. The Kier molecular flexibility index (Phi) is 8.70. The summed E-state index contributed by atoms with van der Waals surface area (Å²) >= 11 is 0. The van der Waals surface area contributed by atoms with Gasteiger partial charge in [0, 0.05) is 30.3 Å². The van der Waals surface area contributed by atoms with Crippen LogP contribution in [0.3, 0.4) is 0 Å². The highest BCUT2D eigenvalue weighted by Gasteiger charge is 2.14. The number of nitrogens with one attached hydrogen (secondary N) is 4. The second-order valence-corrected chi connectivity index (χ2v) is 6.65. The van der Waals surface area contributed by atoms with Crippen LogP contribution in [0, 0.1) is 18.2 Å². The van der Waals surface area contributed by atoms with Gasteiger partial charge in [-0.25, -0.2) is 9.18 Å². The maximum Gasteiger partial charge on any atom is 0.412 e. The number of amidine groups is 1. The summed E-state index contributed by atoms with van der Waals surface area (Å²) in [5, 5.41) is 15.5. The third kappa shape index (κ3) is 6.79. The summed E-state index contributed by atoms with van der Waals surface area (Å²) in [7, 11) is 1.47. The first kappa shape index (κ1) is 24.3. The highest BCUT2D eigenvalue weighted by molar-refractivity contribution is 6.04. The summed E-state index contributed by atoms with van der Waals surface area (Å²) < 4.78 is 23.7. The number of benzene rings is 2. The number of carbonyl (C=O) groups is 3. The van der Waals surface area contributed by atoms with E-state index >= 15 is 0 Å². The number of rotatable bonds is 8. The van der Waals surface area contributed by atoms with Gasteiger partial charge in [0.25, 0.3) is 11.8 Å². The molecule has 0 spiro atoms. The van der Waals surface area contributed by atoms with Gasteiger partial charge in [-0.2, -0.15) is 0 Å². The fourth-order valence-corrected chi connectivity index (χ4v) is 2.61. The molecule has 9 nitrogen and oxygen atoms in total. The number of ether oxygens (including phenoxy) is 2. The van der Waals surface area contributed by atoms with Crippen LogP contribution in [-0.2, 0) is 16.1 Å². The van der Waals surface area contributed by atoms with Crippen LogP contribution in [0.4, 0.5) is 9.18 Å². The molecule has 0 bridgehead atoms. The van der Waals surface area contributed by atoms with Crippen molar-refractivity contribution in [3.8, 4) is 5.75 Å². The summed E-state index contributed by atoms with van der Waals surface area (Å²) in [6.07, 6.45) is -0.767. The lowest BCUT2D eigenvalue weighted by Gasteiger charge is -2.15. The SMILES string of the molecule is CCOC(=O)NC(=N)c1ccc(CNC(=O)c2ccc(F)c(C)c2)c(OCC(=O)NC)c1. The van der Waals surface area contributed by atoms with Crippen molar-refractivity contribution < 1.29 is 28.2 Å². The van der Waals surface area contributed by atoms with Crippen LogP contribution >= 0.6 is 0 Å². The van der Waals surface area contributed by atoms with E-state index in [2.05, 4.69) is 16.0 Å². The monoisotopic (exact) mass is 444 g/mol. The molecule has 0 saturated heterocycles. The lowest BCUT2D eigenvalue weighted by Crippen LogP contribution is -2.31. The van der Waals surface area contributed by atoms with Crippen LogP contribution in [0.2, 0.25) is 0 Å². The van der Waals surface area contributed by atoms with Crippen LogP contribution in [0.25, 0.3) is 0 Å². The van der Waals surface area contributed by atoms with Crippen molar-refractivity contribution in [3.05, 3.63) is 64.5 Å². The average Bonchev–Trinajstić information content (AvgIpc) is 2.77. The van der Waals surface area contributed by atoms with E-state index in [9.17, 15) is 18.8 Å². The van der Waals surface area contributed by atoms with E-state index < -0.39 is 17.8 Å². The lowest BCUT2D eigenvalue weighted by atomic mass is 10.1. The summed E-state index contributed by atoms with van der Waals surface area (Å²) in [5.74, 6) is -1.15. The lowest BCUT2D eigenvalue weighted by molar-refractivity contribution is -0.122. The van der Waals surface area contributed by atoms with Gasteiger partial charge in [0.1, 0.15) is 17.4 Å². The molecular formula is C22H25FN4O5. The predicted octanol–water partition coefficient (Wildman–Crippen LogP) is 2.26. The second-order valence-electron chi connectivity index (χ2n) is 6.65. The average molecular weight is 444 g/mol. The Balaban J connectivity index is 2.18. The zero-order chi connectivity index (χ0) is 23.7. The summed E-state index contributed by atoms with van der Waals surface area (Å²) in [5.41, 5.74) is 1.50. The van der Waals surface area contributed by atoms with Crippen LogP contribution in [0.1, 0.15) is 34.0 Å². The number of amides is 3. The van der Waals surface area contributed by atoms with Gasteiger partial charge in [0.05, 0.1) is 6.61 Å². The molecule has 0 aliphatic rings. The molecule has 0 radical (unpaired) electrons. The topological polar surface area (TPSA) is 130 Å². The number of likely N-dealkylation sites (N-methyl/N-ethyl adjacent to an activating group) is 1. The van der Waals surface area contributed by atoms with Crippen molar-refractivity contribution in [2.45, 2.75) is 20.4 Å². The quantitative estimate of drug-likeness (QED) is 0.367. The molecule has 2 aromatic carbocycles. The number of halogens is 1. The molecule has 0 aliphatic heterocycles. The molecule has 32 heavy (non-hydrogen) atoms. The largest absolute Gasteiger partial charge is 0.483 e. The van der Waals surface area contributed by atoms with Crippen molar-refractivity contribution >= 4 is 23.7 Å². The molecule has 0 saturated carbocycles. The number of aryl methyl sites for hydroxylation is 1. The van der Waals surface area contributed by atoms with Crippen molar-refractivity contribution in [3.63, 3.8) is 0 Å². The van der Waals surface area contributed by atoms with Gasteiger partial charge in [0.2, 0.25) is 0 Å². The molecule has 0 aliphatic carbocycles. The zero-order valence-corrected chi connectivity index (χ0v) is 18.0. The van der Waals surface area contributed by atoms with E-state index in [0.29, 0.717) is 22.3 Å². The van der Waals surface area contributed by atoms with E-state index in [0.717, 1.165) is 0 Å².